The average Bonchev–Trinajstić information content (AvgIpc) is 3.45. The van der Waals surface area contributed by atoms with Crippen molar-refractivity contribution in [3.63, 3.8) is 0 Å². The highest BCUT2D eigenvalue weighted by molar-refractivity contribution is 7.47. The molecule has 0 aliphatic rings. The lowest BCUT2D eigenvalue weighted by Gasteiger charge is -2.21. The van der Waals surface area contributed by atoms with Crippen LogP contribution in [0.25, 0.3) is 0 Å². The molecule has 486 valence electrons. The molecule has 0 aromatic rings. The van der Waals surface area contributed by atoms with Gasteiger partial charge in [0.05, 0.1) is 26.4 Å². The number of phosphoric acid groups is 2. The first-order valence-corrected chi connectivity index (χ1v) is 36.3. The molecule has 17 nitrogen and oxygen atoms in total. The van der Waals surface area contributed by atoms with Gasteiger partial charge in [0.2, 0.25) is 0 Å². The zero-order chi connectivity index (χ0) is 60.5. The van der Waals surface area contributed by atoms with Gasteiger partial charge in [0, 0.05) is 25.7 Å². The maximum atomic E-state index is 13.0. The van der Waals surface area contributed by atoms with Gasteiger partial charge in [0.15, 0.2) is 12.2 Å². The molecule has 0 heterocycles. The van der Waals surface area contributed by atoms with Gasteiger partial charge in [-0.3, -0.25) is 37.3 Å². The van der Waals surface area contributed by atoms with E-state index in [0.717, 1.165) is 103 Å². The Morgan fingerprint density at radius 1 is 0.293 bits per heavy atom. The number of carbonyl (C=O) groups is 4. The van der Waals surface area contributed by atoms with Crippen LogP contribution in [0.5, 0.6) is 0 Å². The highest BCUT2D eigenvalue weighted by Crippen LogP contribution is 2.45. The van der Waals surface area contributed by atoms with E-state index in [1.54, 1.807) is 0 Å². The van der Waals surface area contributed by atoms with Crippen molar-refractivity contribution in [2.75, 3.05) is 39.6 Å². The van der Waals surface area contributed by atoms with Gasteiger partial charge in [-0.2, -0.15) is 0 Å². The Balaban J connectivity index is 5.12. The Labute approximate surface area is 498 Å². The lowest BCUT2D eigenvalue weighted by molar-refractivity contribution is -0.161. The molecular weight excluding hydrogens is 1090 g/mol. The zero-order valence-electron chi connectivity index (χ0n) is 52.5. The van der Waals surface area contributed by atoms with Crippen LogP contribution in [0.1, 0.15) is 323 Å². The molecule has 5 atom stereocenters. The van der Waals surface area contributed by atoms with E-state index in [1.807, 2.05) is 0 Å². The van der Waals surface area contributed by atoms with Crippen LogP contribution in [0.15, 0.2) is 0 Å². The molecule has 0 radical (unpaired) electrons. The fraction of sp³-hybridized carbons (Fsp3) is 0.937. The average molecular weight is 1210 g/mol. The Kier molecular flexibility index (Phi) is 56.7. The second-order valence-electron chi connectivity index (χ2n) is 22.8. The molecule has 0 saturated heterocycles. The van der Waals surface area contributed by atoms with Gasteiger partial charge in [0.1, 0.15) is 19.3 Å². The quantitative estimate of drug-likeness (QED) is 0.0222. The molecule has 0 saturated carbocycles. The van der Waals surface area contributed by atoms with Crippen LogP contribution in [0.2, 0.25) is 0 Å². The summed E-state index contributed by atoms with van der Waals surface area (Å²) in [6.45, 7) is 4.77. The molecule has 0 rings (SSSR count). The van der Waals surface area contributed by atoms with Crippen molar-refractivity contribution < 1.29 is 80.2 Å². The number of ether oxygens (including phenoxy) is 4. The summed E-state index contributed by atoms with van der Waals surface area (Å²) >= 11 is 0. The minimum absolute atomic E-state index is 0.104. The molecule has 0 aliphatic heterocycles. The lowest BCUT2D eigenvalue weighted by Crippen LogP contribution is -2.30. The highest BCUT2D eigenvalue weighted by atomic mass is 31.2. The van der Waals surface area contributed by atoms with E-state index in [2.05, 4.69) is 27.7 Å². The Morgan fingerprint density at radius 3 is 0.720 bits per heavy atom. The van der Waals surface area contributed by atoms with Crippen molar-refractivity contribution in [3.05, 3.63) is 0 Å². The molecule has 0 fully saturated rings. The molecule has 19 heteroatoms. The maximum absolute atomic E-state index is 13.0. The first-order valence-electron chi connectivity index (χ1n) is 33.3. The van der Waals surface area contributed by atoms with E-state index in [4.69, 9.17) is 37.0 Å². The predicted molar refractivity (Wildman–Crippen MR) is 326 cm³/mol. The number of phosphoric ester groups is 2. The maximum Gasteiger partial charge on any atom is 0.472 e. The van der Waals surface area contributed by atoms with Gasteiger partial charge < -0.3 is 33.8 Å². The monoisotopic (exact) mass is 1210 g/mol. The minimum Gasteiger partial charge on any atom is -0.462 e. The van der Waals surface area contributed by atoms with Crippen LogP contribution in [-0.2, 0) is 65.4 Å². The van der Waals surface area contributed by atoms with Crippen molar-refractivity contribution in [1.29, 1.82) is 0 Å². The number of carbonyl (C=O) groups excluding carboxylic acids is 4. The number of aliphatic hydroxyl groups is 1. The second kappa shape index (κ2) is 58.1. The molecule has 0 spiro atoms. The van der Waals surface area contributed by atoms with Crippen molar-refractivity contribution in [3.8, 4) is 0 Å². The number of hydrogen-bond donors (Lipinski definition) is 3. The summed E-state index contributed by atoms with van der Waals surface area (Å²) in [6, 6.07) is 0. The number of hydrogen-bond acceptors (Lipinski definition) is 15. The molecule has 0 aromatic heterocycles. The van der Waals surface area contributed by atoms with Crippen LogP contribution in [0.3, 0.4) is 0 Å². The molecule has 82 heavy (non-hydrogen) atoms. The Morgan fingerprint density at radius 2 is 0.488 bits per heavy atom. The van der Waals surface area contributed by atoms with E-state index < -0.39 is 97.5 Å². The molecule has 3 N–H and O–H groups in total. The van der Waals surface area contributed by atoms with Crippen molar-refractivity contribution in [1.82, 2.24) is 0 Å². The number of unbranched alkanes of at least 4 members (excludes halogenated alkanes) is 38. The van der Waals surface area contributed by atoms with E-state index >= 15 is 0 Å². The van der Waals surface area contributed by atoms with Crippen LogP contribution in [0.4, 0.5) is 0 Å². The normalized spacial score (nSPS) is 14.2. The first-order chi connectivity index (χ1) is 39.7. The van der Waals surface area contributed by atoms with E-state index in [1.165, 1.54) is 141 Å². The van der Waals surface area contributed by atoms with Crippen LogP contribution < -0.4 is 0 Å². The summed E-state index contributed by atoms with van der Waals surface area (Å²) in [5.74, 6) is -2.15. The Bertz CT molecular complexity index is 1590. The lowest BCUT2D eigenvalue weighted by atomic mass is 10.0. The molecule has 0 bridgehead atoms. The third-order valence-electron chi connectivity index (χ3n) is 14.6. The highest BCUT2D eigenvalue weighted by Gasteiger charge is 2.30. The first kappa shape index (κ1) is 80.1. The van der Waals surface area contributed by atoms with E-state index in [0.29, 0.717) is 25.7 Å². The van der Waals surface area contributed by atoms with E-state index in [9.17, 15) is 43.2 Å². The second-order valence-corrected chi connectivity index (χ2v) is 25.7. The van der Waals surface area contributed by atoms with Crippen LogP contribution in [0, 0.1) is 0 Å². The molecule has 0 aromatic carbocycles. The largest absolute Gasteiger partial charge is 0.472 e. The van der Waals surface area contributed by atoms with Gasteiger partial charge in [-0.25, -0.2) is 9.13 Å². The summed E-state index contributed by atoms with van der Waals surface area (Å²) in [5, 5.41) is 10.5. The van der Waals surface area contributed by atoms with Crippen molar-refractivity contribution >= 4 is 39.5 Å². The molecule has 0 aliphatic carbocycles. The zero-order valence-corrected chi connectivity index (χ0v) is 54.2. The summed E-state index contributed by atoms with van der Waals surface area (Å²) in [6.07, 6.45) is 43.5. The topological polar surface area (TPSA) is 237 Å². The third-order valence-corrected chi connectivity index (χ3v) is 16.5. The molecular formula is C63H122O17P2. The van der Waals surface area contributed by atoms with Crippen LogP contribution >= 0.6 is 15.6 Å². The van der Waals surface area contributed by atoms with Crippen molar-refractivity contribution in [2.24, 2.45) is 0 Å². The minimum atomic E-state index is -4.94. The van der Waals surface area contributed by atoms with Gasteiger partial charge in [-0.1, -0.05) is 272 Å². The summed E-state index contributed by atoms with van der Waals surface area (Å²) < 4.78 is 67.7. The Hall–Kier alpha value is -1.94. The number of aliphatic hydroxyl groups excluding tert-OH is 1. The fourth-order valence-electron chi connectivity index (χ4n) is 9.46. The standard InChI is InChI=1S/C63H122O17P2/c1-5-9-13-17-20-23-25-26-27-28-29-30-31-33-35-38-42-46-50-63(68)80-59(54-74-61(66)48-44-40-37-34-32-24-21-18-14-10-6-2)56-78-82(71,72)76-52-57(64)51-75-81(69,70)77-55-58(53-73-60(65)47-43-39-16-12-8-4)79-62(67)49-45-41-36-22-19-15-11-7-3/h57-59,64H,5-56H2,1-4H3,(H,69,70)(H,71,72)/t57-,58+,59+/m0/s1. The van der Waals surface area contributed by atoms with Gasteiger partial charge >= 0.3 is 39.5 Å². The van der Waals surface area contributed by atoms with Gasteiger partial charge in [0.25, 0.3) is 0 Å². The molecule has 2 unspecified atom stereocenters. The third kappa shape index (κ3) is 57.2. The number of rotatable bonds is 64. The van der Waals surface area contributed by atoms with Gasteiger partial charge in [-0.15, -0.1) is 0 Å². The van der Waals surface area contributed by atoms with E-state index in [-0.39, 0.29) is 25.7 Å². The summed E-state index contributed by atoms with van der Waals surface area (Å²) in [5.41, 5.74) is 0. The summed E-state index contributed by atoms with van der Waals surface area (Å²) in [7, 11) is -9.87. The van der Waals surface area contributed by atoms with Crippen LogP contribution in [-0.4, -0.2) is 96.7 Å². The summed E-state index contributed by atoms with van der Waals surface area (Å²) in [4.78, 5) is 71.8. The number of esters is 4. The molecule has 0 amide bonds. The SMILES string of the molecule is CCCCCCCCCCCCCCCCCCCCC(=O)O[C@H](COC(=O)CCCCCCCCCCCCC)COP(=O)(O)OC[C@@H](O)COP(=O)(O)OC[C@@H](COC(=O)CCCCCCC)OC(=O)CCCCCCCCCC. The smallest absolute Gasteiger partial charge is 0.462 e. The van der Waals surface area contributed by atoms with Crippen molar-refractivity contribution in [2.45, 2.75) is 341 Å². The fourth-order valence-corrected chi connectivity index (χ4v) is 11.0. The van der Waals surface area contributed by atoms with Gasteiger partial charge in [-0.05, 0) is 25.7 Å². The predicted octanol–water partition coefficient (Wildman–Crippen LogP) is 17.5.